The van der Waals surface area contributed by atoms with E-state index >= 15 is 0 Å². The summed E-state index contributed by atoms with van der Waals surface area (Å²) in [6.45, 7) is 11.4. The van der Waals surface area contributed by atoms with Crippen LogP contribution in [0.5, 0.6) is 0 Å². The van der Waals surface area contributed by atoms with E-state index in [0.29, 0.717) is 0 Å². The zero-order chi connectivity index (χ0) is 12.3. The van der Waals surface area contributed by atoms with Gasteiger partial charge >= 0.3 is 0 Å². The molecule has 1 aromatic rings. The summed E-state index contributed by atoms with van der Waals surface area (Å²) >= 11 is 0. The van der Waals surface area contributed by atoms with Crippen molar-refractivity contribution in [2.24, 2.45) is 11.8 Å². The van der Waals surface area contributed by atoms with Crippen LogP contribution >= 0.6 is 0 Å². The van der Waals surface area contributed by atoms with Crippen LogP contribution in [0.3, 0.4) is 0 Å². The average Bonchev–Trinajstić information content (AvgIpc) is 2.77. The zero-order valence-electron chi connectivity index (χ0n) is 11.4. The number of aryl methyl sites for hydroxylation is 1. The van der Waals surface area contributed by atoms with E-state index in [1.165, 1.54) is 31.5 Å². The molecule has 0 spiro atoms. The highest BCUT2D eigenvalue weighted by Gasteiger charge is 2.21. The monoisotopic (exact) mass is 235 g/mol. The molecule has 17 heavy (non-hydrogen) atoms. The van der Waals surface area contributed by atoms with Gasteiger partial charge in [0.15, 0.2) is 0 Å². The van der Waals surface area contributed by atoms with Crippen molar-refractivity contribution in [1.82, 2.24) is 14.7 Å². The third-order valence-electron chi connectivity index (χ3n) is 3.99. The van der Waals surface area contributed by atoms with Gasteiger partial charge in [-0.25, -0.2) is 0 Å². The maximum absolute atomic E-state index is 4.33. The van der Waals surface area contributed by atoms with Gasteiger partial charge in [0.05, 0.1) is 6.20 Å². The molecule has 1 aliphatic heterocycles. The van der Waals surface area contributed by atoms with Crippen molar-refractivity contribution < 1.29 is 0 Å². The van der Waals surface area contributed by atoms with Crippen LogP contribution in [0.2, 0.25) is 0 Å². The zero-order valence-corrected chi connectivity index (χ0v) is 11.4. The van der Waals surface area contributed by atoms with E-state index in [-0.39, 0.29) is 0 Å². The van der Waals surface area contributed by atoms with Gasteiger partial charge in [0.2, 0.25) is 0 Å². The molecule has 0 aliphatic carbocycles. The molecule has 0 radical (unpaired) electrons. The normalized spacial score (nSPS) is 19.1. The Balaban J connectivity index is 1.81. The molecule has 2 heterocycles. The Hall–Kier alpha value is -0.830. The summed E-state index contributed by atoms with van der Waals surface area (Å²) in [7, 11) is 0. The van der Waals surface area contributed by atoms with Crippen molar-refractivity contribution in [2.75, 3.05) is 13.1 Å². The predicted molar refractivity (Wildman–Crippen MR) is 70.7 cm³/mol. The van der Waals surface area contributed by atoms with Crippen LogP contribution in [0.1, 0.15) is 39.2 Å². The van der Waals surface area contributed by atoms with E-state index in [4.69, 9.17) is 0 Å². The second-order valence-corrected chi connectivity index (χ2v) is 5.56. The Kier molecular flexibility index (Phi) is 4.21. The van der Waals surface area contributed by atoms with Gasteiger partial charge in [-0.3, -0.25) is 9.58 Å². The molecule has 3 nitrogen and oxygen atoms in total. The third kappa shape index (κ3) is 3.32. The smallest absolute Gasteiger partial charge is 0.0534 e. The largest absolute Gasteiger partial charge is 0.299 e. The second-order valence-electron chi connectivity index (χ2n) is 5.56. The Bertz CT molecular complexity index is 335. The Morgan fingerprint density at radius 2 is 2.06 bits per heavy atom. The molecule has 0 atom stereocenters. The van der Waals surface area contributed by atoms with Crippen LogP contribution in [0, 0.1) is 11.8 Å². The molecule has 3 heteroatoms. The highest BCUT2D eigenvalue weighted by atomic mass is 15.3. The molecule has 1 fully saturated rings. The minimum Gasteiger partial charge on any atom is -0.299 e. The lowest BCUT2D eigenvalue weighted by molar-refractivity contribution is 0.152. The molecular weight excluding hydrogens is 210 g/mol. The van der Waals surface area contributed by atoms with Gasteiger partial charge in [-0.05, 0) is 44.7 Å². The summed E-state index contributed by atoms with van der Waals surface area (Å²) in [5.74, 6) is 1.78. The number of likely N-dealkylation sites (tertiary alicyclic amines) is 1. The quantitative estimate of drug-likeness (QED) is 0.800. The predicted octanol–water partition coefficient (Wildman–Crippen LogP) is 2.77. The summed E-state index contributed by atoms with van der Waals surface area (Å²) < 4.78 is 2.01. The van der Waals surface area contributed by atoms with E-state index in [0.717, 1.165) is 24.9 Å². The molecule has 0 N–H and O–H groups in total. The van der Waals surface area contributed by atoms with E-state index in [1.54, 1.807) is 0 Å². The molecule has 0 saturated carbocycles. The van der Waals surface area contributed by atoms with Crippen molar-refractivity contribution in [3.63, 3.8) is 0 Å². The highest BCUT2D eigenvalue weighted by molar-refractivity contribution is 5.03. The highest BCUT2D eigenvalue weighted by Crippen LogP contribution is 2.25. The van der Waals surface area contributed by atoms with E-state index in [9.17, 15) is 0 Å². The fourth-order valence-corrected chi connectivity index (χ4v) is 2.70. The van der Waals surface area contributed by atoms with Crippen molar-refractivity contribution in [3.05, 3.63) is 18.0 Å². The van der Waals surface area contributed by atoms with Gasteiger partial charge in [0.25, 0.3) is 0 Å². The van der Waals surface area contributed by atoms with Gasteiger partial charge in [-0.2, -0.15) is 5.10 Å². The average molecular weight is 235 g/mol. The number of rotatable bonds is 4. The molecule has 1 aliphatic rings. The van der Waals surface area contributed by atoms with Gasteiger partial charge < -0.3 is 0 Å². The van der Waals surface area contributed by atoms with Gasteiger partial charge in [-0.1, -0.05) is 13.8 Å². The molecule has 0 unspecified atom stereocenters. The van der Waals surface area contributed by atoms with Crippen LogP contribution < -0.4 is 0 Å². The van der Waals surface area contributed by atoms with E-state index < -0.39 is 0 Å². The lowest BCUT2D eigenvalue weighted by Gasteiger charge is -2.33. The number of nitrogens with zero attached hydrogens (tertiary/aromatic N) is 3. The summed E-state index contributed by atoms with van der Waals surface area (Å²) in [6, 6.07) is 0. The maximum Gasteiger partial charge on any atom is 0.0534 e. The number of aromatic nitrogens is 2. The van der Waals surface area contributed by atoms with Gasteiger partial charge in [-0.15, -0.1) is 0 Å². The summed E-state index contributed by atoms with van der Waals surface area (Å²) in [5, 5.41) is 4.33. The second kappa shape index (κ2) is 5.67. The van der Waals surface area contributed by atoms with Crippen LogP contribution in [-0.2, 0) is 13.1 Å². The molecular formula is C14H25N3. The topological polar surface area (TPSA) is 21.1 Å². The molecule has 2 rings (SSSR count). The van der Waals surface area contributed by atoms with Crippen molar-refractivity contribution in [2.45, 2.75) is 46.7 Å². The molecule has 1 saturated heterocycles. The van der Waals surface area contributed by atoms with E-state index in [1.807, 2.05) is 10.9 Å². The first-order chi connectivity index (χ1) is 8.19. The number of hydrogen-bond acceptors (Lipinski definition) is 2. The van der Waals surface area contributed by atoms with Crippen molar-refractivity contribution >= 4 is 0 Å². The van der Waals surface area contributed by atoms with Gasteiger partial charge in [0.1, 0.15) is 0 Å². The van der Waals surface area contributed by atoms with Crippen molar-refractivity contribution in [1.29, 1.82) is 0 Å². The minimum atomic E-state index is 0.847. The number of hydrogen-bond donors (Lipinski definition) is 0. The van der Waals surface area contributed by atoms with Crippen LogP contribution in [0.25, 0.3) is 0 Å². The molecule has 0 amide bonds. The lowest BCUT2D eigenvalue weighted by atomic mass is 9.87. The van der Waals surface area contributed by atoms with Gasteiger partial charge in [0, 0.05) is 24.8 Å². The van der Waals surface area contributed by atoms with Crippen LogP contribution in [0.15, 0.2) is 12.4 Å². The standard InChI is InChI=1S/C14H25N3/c1-4-17-11-13(9-15-17)10-16-7-5-14(6-8-16)12(2)3/h9,11-12,14H,4-8,10H2,1-3H3. The lowest BCUT2D eigenvalue weighted by Crippen LogP contribution is -2.34. The molecule has 96 valence electrons. The Labute approximate surface area is 105 Å². The summed E-state index contributed by atoms with van der Waals surface area (Å²) in [6.07, 6.45) is 6.91. The first kappa shape index (κ1) is 12.6. The van der Waals surface area contributed by atoms with Crippen LogP contribution in [0.4, 0.5) is 0 Å². The van der Waals surface area contributed by atoms with Crippen LogP contribution in [-0.4, -0.2) is 27.8 Å². The first-order valence-electron chi connectivity index (χ1n) is 6.92. The Morgan fingerprint density at radius 1 is 1.35 bits per heavy atom. The molecule has 0 aromatic carbocycles. The molecule has 0 bridgehead atoms. The summed E-state index contributed by atoms with van der Waals surface area (Å²) in [4.78, 5) is 2.57. The fourth-order valence-electron chi connectivity index (χ4n) is 2.70. The minimum absolute atomic E-state index is 0.847. The number of piperidine rings is 1. The van der Waals surface area contributed by atoms with E-state index in [2.05, 4.69) is 37.0 Å². The fraction of sp³-hybridized carbons (Fsp3) is 0.786. The molecule has 1 aromatic heterocycles. The Morgan fingerprint density at radius 3 is 2.59 bits per heavy atom. The summed E-state index contributed by atoms with van der Waals surface area (Å²) in [5.41, 5.74) is 1.36. The maximum atomic E-state index is 4.33. The van der Waals surface area contributed by atoms with Crippen molar-refractivity contribution in [3.8, 4) is 0 Å². The third-order valence-corrected chi connectivity index (χ3v) is 3.99. The first-order valence-corrected chi connectivity index (χ1v) is 6.92. The SMILES string of the molecule is CCn1cc(CN2CCC(C(C)C)CC2)cn1.